The minimum absolute atomic E-state index is 0.0458. The predicted molar refractivity (Wildman–Crippen MR) is 81.4 cm³/mol. The Balaban J connectivity index is 1.90. The molecule has 0 unspecified atom stereocenters. The molecule has 0 aliphatic carbocycles. The molecule has 0 saturated carbocycles. The van der Waals surface area contributed by atoms with Crippen molar-refractivity contribution in [2.45, 2.75) is 38.3 Å². The van der Waals surface area contributed by atoms with E-state index in [0.717, 1.165) is 31.4 Å². The molecule has 0 aromatic heterocycles. The number of hydrogen-bond donors (Lipinski definition) is 2. The Morgan fingerprint density at radius 3 is 2.71 bits per heavy atom. The SMILES string of the molecule is C[C@H](NC(=O)CN1CCCC[C@@H]1C(N)=O)c1ccccc1. The van der Waals surface area contributed by atoms with Gasteiger partial charge in [0.15, 0.2) is 0 Å². The lowest BCUT2D eigenvalue weighted by molar-refractivity contribution is -0.128. The Labute approximate surface area is 125 Å². The standard InChI is InChI=1S/C16H23N3O2/c1-12(13-7-3-2-4-8-13)18-15(20)11-19-10-6-5-9-14(19)16(17)21/h2-4,7-8,12,14H,5-6,9-11H2,1H3,(H2,17,21)(H,18,20)/t12-,14+/m0/s1. The van der Waals surface area contributed by atoms with Crippen molar-refractivity contribution in [1.82, 2.24) is 10.2 Å². The fraction of sp³-hybridized carbons (Fsp3) is 0.500. The summed E-state index contributed by atoms with van der Waals surface area (Å²) in [7, 11) is 0. The summed E-state index contributed by atoms with van der Waals surface area (Å²) in [5.74, 6) is -0.405. The second kappa shape index (κ2) is 7.22. The fourth-order valence-corrected chi connectivity index (χ4v) is 2.80. The summed E-state index contributed by atoms with van der Waals surface area (Å²) in [6, 6.07) is 9.46. The van der Waals surface area contributed by atoms with E-state index in [1.165, 1.54) is 0 Å². The number of nitrogens with one attached hydrogen (secondary N) is 1. The molecule has 1 aromatic rings. The van der Waals surface area contributed by atoms with Crippen LogP contribution >= 0.6 is 0 Å². The molecule has 2 atom stereocenters. The number of hydrogen-bond acceptors (Lipinski definition) is 3. The highest BCUT2D eigenvalue weighted by molar-refractivity contribution is 5.82. The third kappa shape index (κ3) is 4.29. The van der Waals surface area contributed by atoms with Crippen LogP contribution in [-0.4, -0.2) is 35.8 Å². The first-order valence-corrected chi connectivity index (χ1v) is 7.45. The van der Waals surface area contributed by atoms with E-state index in [0.29, 0.717) is 0 Å². The number of likely N-dealkylation sites (tertiary alicyclic amines) is 1. The van der Waals surface area contributed by atoms with Crippen molar-refractivity contribution in [3.63, 3.8) is 0 Å². The number of primary amides is 1. The van der Waals surface area contributed by atoms with E-state index in [-0.39, 0.29) is 30.4 Å². The third-order valence-electron chi connectivity index (χ3n) is 3.97. The van der Waals surface area contributed by atoms with Crippen LogP contribution in [0.2, 0.25) is 0 Å². The number of piperidine rings is 1. The van der Waals surface area contributed by atoms with E-state index in [4.69, 9.17) is 5.73 Å². The third-order valence-corrected chi connectivity index (χ3v) is 3.97. The highest BCUT2D eigenvalue weighted by Gasteiger charge is 2.28. The van der Waals surface area contributed by atoms with E-state index in [1.807, 2.05) is 42.2 Å². The van der Waals surface area contributed by atoms with Crippen LogP contribution in [0.1, 0.15) is 37.8 Å². The van der Waals surface area contributed by atoms with Crippen LogP contribution in [0.4, 0.5) is 0 Å². The summed E-state index contributed by atoms with van der Waals surface area (Å²) in [4.78, 5) is 25.5. The van der Waals surface area contributed by atoms with Gasteiger partial charge in [0.2, 0.25) is 11.8 Å². The molecule has 2 rings (SSSR count). The quantitative estimate of drug-likeness (QED) is 0.855. The van der Waals surface area contributed by atoms with Crippen LogP contribution in [0.25, 0.3) is 0 Å². The van der Waals surface area contributed by atoms with Crippen LogP contribution in [0.3, 0.4) is 0 Å². The smallest absolute Gasteiger partial charge is 0.234 e. The van der Waals surface area contributed by atoms with Gasteiger partial charge in [-0.3, -0.25) is 14.5 Å². The maximum atomic E-state index is 12.2. The number of carbonyl (C=O) groups is 2. The molecule has 1 fully saturated rings. The van der Waals surface area contributed by atoms with Crippen molar-refractivity contribution in [1.29, 1.82) is 0 Å². The first kappa shape index (κ1) is 15.5. The van der Waals surface area contributed by atoms with Crippen molar-refractivity contribution in [2.75, 3.05) is 13.1 Å². The van der Waals surface area contributed by atoms with Gasteiger partial charge in [-0.1, -0.05) is 36.8 Å². The van der Waals surface area contributed by atoms with Gasteiger partial charge in [-0.05, 0) is 31.9 Å². The number of carbonyl (C=O) groups excluding carboxylic acids is 2. The van der Waals surface area contributed by atoms with Gasteiger partial charge in [-0.2, -0.15) is 0 Å². The normalized spacial score (nSPS) is 20.7. The number of rotatable bonds is 5. The van der Waals surface area contributed by atoms with Gasteiger partial charge in [0.1, 0.15) is 0 Å². The summed E-state index contributed by atoms with van der Waals surface area (Å²) in [5.41, 5.74) is 6.48. The van der Waals surface area contributed by atoms with E-state index in [9.17, 15) is 9.59 Å². The zero-order valence-corrected chi connectivity index (χ0v) is 12.4. The molecule has 1 aromatic carbocycles. The van der Waals surface area contributed by atoms with Crippen molar-refractivity contribution in [3.05, 3.63) is 35.9 Å². The molecule has 0 bridgehead atoms. The van der Waals surface area contributed by atoms with Crippen LogP contribution < -0.4 is 11.1 Å². The van der Waals surface area contributed by atoms with Gasteiger partial charge in [0.25, 0.3) is 0 Å². The van der Waals surface area contributed by atoms with E-state index < -0.39 is 0 Å². The summed E-state index contributed by atoms with van der Waals surface area (Å²) < 4.78 is 0. The Kier molecular flexibility index (Phi) is 5.33. The van der Waals surface area contributed by atoms with Crippen molar-refractivity contribution in [2.24, 2.45) is 5.73 Å². The Morgan fingerprint density at radius 2 is 2.05 bits per heavy atom. The molecule has 1 aliphatic heterocycles. The first-order valence-electron chi connectivity index (χ1n) is 7.45. The zero-order chi connectivity index (χ0) is 15.2. The van der Waals surface area contributed by atoms with E-state index >= 15 is 0 Å². The monoisotopic (exact) mass is 289 g/mol. The Hall–Kier alpha value is -1.88. The maximum absolute atomic E-state index is 12.2. The van der Waals surface area contributed by atoms with Crippen molar-refractivity contribution in [3.8, 4) is 0 Å². The summed E-state index contributed by atoms with van der Waals surface area (Å²) in [5, 5.41) is 2.97. The van der Waals surface area contributed by atoms with Crippen LogP contribution in [0.15, 0.2) is 30.3 Å². The molecule has 1 saturated heterocycles. The summed E-state index contributed by atoms with van der Waals surface area (Å²) >= 11 is 0. The fourth-order valence-electron chi connectivity index (χ4n) is 2.80. The Bertz CT molecular complexity index is 490. The second-order valence-corrected chi connectivity index (χ2v) is 5.58. The van der Waals surface area contributed by atoms with Gasteiger partial charge in [-0.25, -0.2) is 0 Å². The number of amides is 2. The molecule has 114 valence electrons. The molecule has 5 heteroatoms. The average molecular weight is 289 g/mol. The molecule has 5 nitrogen and oxygen atoms in total. The molecular formula is C16H23N3O2. The molecule has 21 heavy (non-hydrogen) atoms. The molecule has 3 N–H and O–H groups in total. The highest BCUT2D eigenvalue weighted by atomic mass is 16.2. The minimum Gasteiger partial charge on any atom is -0.368 e. The second-order valence-electron chi connectivity index (χ2n) is 5.58. The number of nitrogens with zero attached hydrogens (tertiary/aromatic N) is 1. The zero-order valence-electron chi connectivity index (χ0n) is 12.4. The Morgan fingerprint density at radius 1 is 1.33 bits per heavy atom. The van der Waals surface area contributed by atoms with Crippen molar-refractivity contribution >= 4 is 11.8 Å². The largest absolute Gasteiger partial charge is 0.368 e. The number of benzene rings is 1. The van der Waals surface area contributed by atoms with Gasteiger partial charge < -0.3 is 11.1 Å². The molecule has 2 amide bonds. The van der Waals surface area contributed by atoms with Gasteiger partial charge in [-0.15, -0.1) is 0 Å². The molecular weight excluding hydrogens is 266 g/mol. The van der Waals surface area contributed by atoms with Crippen LogP contribution in [0.5, 0.6) is 0 Å². The lowest BCUT2D eigenvalue weighted by Gasteiger charge is -2.33. The molecule has 1 heterocycles. The summed E-state index contributed by atoms with van der Waals surface area (Å²) in [6.07, 6.45) is 2.74. The predicted octanol–water partition coefficient (Wildman–Crippen LogP) is 1.20. The lowest BCUT2D eigenvalue weighted by atomic mass is 10.0. The first-order chi connectivity index (χ1) is 10.1. The number of nitrogens with two attached hydrogens (primary N) is 1. The molecule has 1 aliphatic rings. The highest BCUT2D eigenvalue weighted by Crippen LogP contribution is 2.17. The lowest BCUT2D eigenvalue weighted by Crippen LogP contribution is -2.51. The molecule has 0 spiro atoms. The van der Waals surface area contributed by atoms with Gasteiger partial charge in [0.05, 0.1) is 18.6 Å². The van der Waals surface area contributed by atoms with Crippen molar-refractivity contribution < 1.29 is 9.59 Å². The van der Waals surface area contributed by atoms with Crippen LogP contribution in [0, 0.1) is 0 Å². The average Bonchev–Trinajstić information content (AvgIpc) is 2.48. The van der Waals surface area contributed by atoms with E-state index in [2.05, 4.69) is 5.32 Å². The van der Waals surface area contributed by atoms with Crippen LogP contribution in [-0.2, 0) is 9.59 Å². The summed E-state index contributed by atoms with van der Waals surface area (Å²) in [6.45, 7) is 2.93. The molecule has 0 radical (unpaired) electrons. The minimum atomic E-state index is -0.335. The van der Waals surface area contributed by atoms with E-state index in [1.54, 1.807) is 0 Å². The maximum Gasteiger partial charge on any atom is 0.234 e. The van der Waals surface area contributed by atoms with Gasteiger partial charge >= 0.3 is 0 Å². The topological polar surface area (TPSA) is 75.4 Å². The van der Waals surface area contributed by atoms with Gasteiger partial charge in [0, 0.05) is 0 Å².